The van der Waals surface area contributed by atoms with Crippen molar-refractivity contribution in [3.8, 4) is 5.69 Å². The van der Waals surface area contributed by atoms with Crippen molar-refractivity contribution < 1.29 is 18.7 Å². The van der Waals surface area contributed by atoms with E-state index in [0.29, 0.717) is 4.60 Å². The smallest absolute Gasteiger partial charge is 0.337 e. The fraction of sp³-hybridized carbons (Fsp3) is 0.0909. The predicted molar refractivity (Wildman–Crippen MR) is 69.7 cm³/mol. The van der Waals surface area contributed by atoms with Crippen molar-refractivity contribution in [3.05, 3.63) is 40.5 Å². The zero-order valence-electron chi connectivity index (χ0n) is 10.1. The van der Waals surface area contributed by atoms with Crippen LogP contribution in [0.5, 0.6) is 0 Å². The highest BCUT2D eigenvalue weighted by molar-refractivity contribution is 9.10. The summed E-state index contributed by atoms with van der Waals surface area (Å²) in [5.41, 5.74) is -0.154. The summed E-state index contributed by atoms with van der Waals surface area (Å²) in [6.45, 7) is 0. The number of carboxylic acids is 1. The average Bonchev–Trinajstić information content (AvgIpc) is 3.05. The second kappa shape index (κ2) is 4.88. The molecule has 10 heteroatoms. The quantitative estimate of drug-likeness (QED) is 0.777. The van der Waals surface area contributed by atoms with Crippen LogP contribution in [0.25, 0.3) is 11.3 Å². The molecular weight excluding hydrogens is 352 g/mol. The van der Waals surface area contributed by atoms with Gasteiger partial charge in [-0.2, -0.15) is 0 Å². The van der Waals surface area contributed by atoms with Gasteiger partial charge in [0.1, 0.15) is 16.0 Å². The van der Waals surface area contributed by atoms with Crippen LogP contribution in [-0.4, -0.2) is 35.5 Å². The van der Waals surface area contributed by atoms with Gasteiger partial charge in [0.15, 0.2) is 5.65 Å². The summed E-state index contributed by atoms with van der Waals surface area (Å²) in [7, 11) is 0. The van der Waals surface area contributed by atoms with Crippen LogP contribution in [0, 0.1) is 0 Å². The number of halogens is 3. The molecule has 1 N–H and O–H groups in total. The van der Waals surface area contributed by atoms with E-state index in [2.05, 4.69) is 31.2 Å². The van der Waals surface area contributed by atoms with Gasteiger partial charge in [0.05, 0.1) is 18.0 Å². The van der Waals surface area contributed by atoms with E-state index < -0.39 is 18.1 Å². The highest BCUT2D eigenvalue weighted by Gasteiger charge is 2.20. The van der Waals surface area contributed by atoms with Gasteiger partial charge in [-0.05, 0) is 22.0 Å². The van der Waals surface area contributed by atoms with Crippen LogP contribution in [0.2, 0.25) is 0 Å². The van der Waals surface area contributed by atoms with Crippen LogP contribution in [0.15, 0.2) is 29.3 Å². The van der Waals surface area contributed by atoms with Gasteiger partial charge >= 0.3 is 5.97 Å². The molecule has 3 aromatic rings. The first kappa shape index (κ1) is 13.6. The van der Waals surface area contributed by atoms with Gasteiger partial charge in [0.2, 0.25) is 0 Å². The summed E-state index contributed by atoms with van der Waals surface area (Å²) in [6.07, 6.45) is 0.889. The van der Waals surface area contributed by atoms with Crippen molar-refractivity contribution in [2.75, 3.05) is 0 Å². The number of hydrogen-bond donors (Lipinski definition) is 1. The highest BCUT2D eigenvalue weighted by atomic mass is 79.9. The maximum atomic E-state index is 13.0. The third-order valence-corrected chi connectivity index (χ3v) is 3.40. The molecule has 0 saturated heterocycles. The Bertz CT molecular complexity index is 844. The number of nitrogens with zero attached hydrogens (tertiary/aromatic N) is 5. The maximum Gasteiger partial charge on any atom is 0.337 e. The summed E-state index contributed by atoms with van der Waals surface area (Å²) >= 11 is 3.21. The van der Waals surface area contributed by atoms with E-state index in [1.165, 1.54) is 22.9 Å². The van der Waals surface area contributed by atoms with E-state index >= 15 is 0 Å². The van der Waals surface area contributed by atoms with E-state index in [9.17, 15) is 13.6 Å². The van der Waals surface area contributed by atoms with Gasteiger partial charge < -0.3 is 5.11 Å². The molecule has 108 valence electrons. The SMILES string of the molecule is O=C(O)c1cc(-n2nncc2C(F)F)c2ncc(Br)n2c1. The Labute approximate surface area is 124 Å². The summed E-state index contributed by atoms with van der Waals surface area (Å²) in [5, 5.41) is 16.2. The number of aromatic carboxylic acids is 1. The Kier molecular flexibility index (Phi) is 3.16. The number of carbonyl (C=O) groups is 1. The molecule has 0 saturated carbocycles. The van der Waals surface area contributed by atoms with Gasteiger partial charge in [0, 0.05) is 6.20 Å². The monoisotopic (exact) mass is 357 g/mol. The molecular formula is C11H6BrF2N5O2. The number of aromatic nitrogens is 5. The minimum atomic E-state index is -2.80. The molecule has 0 amide bonds. The minimum Gasteiger partial charge on any atom is -0.478 e. The number of hydrogen-bond acceptors (Lipinski definition) is 4. The molecule has 3 aromatic heterocycles. The standard InChI is InChI=1S/C11H6BrF2N5O2/c12-8-3-15-10-6(1-5(11(20)21)4-18(8)10)19-7(9(13)14)2-16-17-19/h1-4,9H,(H,20,21). The van der Waals surface area contributed by atoms with Crippen LogP contribution in [0.3, 0.4) is 0 Å². The van der Waals surface area contributed by atoms with Crippen LogP contribution in [0.1, 0.15) is 22.5 Å². The molecule has 0 spiro atoms. The molecule has 0 aliphatic rings. The third-order valence-electron chi connectivity index (χ3n) is 2.82. The summed E-state index contributed by atoms with van der Waals surface area (Å²) in [5.74, 6) is -1.20. The topological polar surface area (TPSA) is 85.3 Å². The Morgan fingerprint density at radius 3 is 2.81 bits per heavy atom. The van der Waals surface area contributed by atoms with Crippen LogP contribution in [0.4, 0.5) is 8.78 Å². The first-order chi connectivity index (χ1) is 9.99. The lowest BCUT2D eigenvalue weighted by molar-refractivity contribution is 0.0696. The molecule has 7 nitrogen and oxygen atoms in total. The average molecular weight is 358 g/mol. The zero-order chi connectivity index (χ0) is 15.1. The number of fused-ring (bicyclic) bond motifs is 1. The van der Waals surface area contributed by atoms with E-state index in [1.54, 1.807) is 0 Å². The van der Waals surface area contributed by atoms with Crippen molar-refractivity contribution in [3.63, 3.8) is 0 Å². The van der Waals surface area contributed by atoms with E-state index in [0.717, 1.165) is 10.9 Å². The van der Waals surface area contributed by atoms with Crippen molar-refractivity contribution >= 4 is 27.5 Å². The van der Waals surface area contributed by atoms with Gasteiger partial charge in [-0.3, -0.25) is 4.40 Å². The number of rotatable bonds is 3. The molecule has 0 atom stereocenters. The molecule has 21 heavy (non-hydrogen) atoms. The molecule has 3 heterocycles. The minimum absolute atomic E-state index is 0.0908. The van der Waals surface area contributed by atoms with Gasteiger partial charge in [-0.1, -0.05) is 5.21 Å². The zero-order valence-corrected chi connectivity index (χ0v) is 11.7. The number of pyridine rings is 1. The Morgan fingerprint density at radius 1 is 1.38 bits per heavy atom. The molecule has 0 aliphatic heterocycles. The molecule has 0 radical (unpaired) electrons. The highest BCUT2D eigenvalue weighted by Crippen LogP contribution is 2.25. The number of carboxylic acid groups (broad SMARTS) is 1. The maximum absolute atomic E-state index is 13.0. The summed E-state index contributed by atoms with van der Waals surface area (Å²) < 4.78 is 28.7. The molecule has 0 aliphatic carbocycles. The molecule has 0 unspecified atom stereocenters. The third kappa shape index (κ3) is 2.17. The summed E-state index contributed by atoms with van der Waals surface area (Å²) in [6, 6.07) is 1.22. The fourth-order valence-electron chi connectivity index (χ4n) is 1.89. The Morgan fingerprint density at radius 2 is 2.14 bits per heavy atom. The van der Waals surface area contributed by atoms with Crippen molar-refractivity contribution in [1.29, 1.82) is 0 Å². The van der Waals surface area contributed by atoms with Crippen molar-refractivity contribution in [2.45, 2.75) is 6.43 Å². The lowest BCUT2D eigenvalue weighted by Crippen LogP contribution is -2.08. The van der Waals surface area contributed by atoms with Gasteiger partial charge in [-0.15, -0.1) is 5.10 Å². The van der Waals surface area contributed by atoms with Crippen molar-refractivity contribution in [2.24, 2.45) is 0 Å². The van der Waals surface area contributed by atoms with E-state index in [4.69, 9.17) is 5.11 Å². The normalized spacial score (nSPS) is 11.4. The van der Waals surface area contributed by atoms with Gasteiger partial charge in [-0.25, -0.2) is 23.2 Å². The van der Waals surface area contributed by atoms with Crippen LogP contribution in [-0.2, 0) is 0 Å². The van der Waals surface area contributed by atoms with Crippen molar-refractivity contribution in [1.82, 2.24) is 24.4 Å². The fourth-order valence-corrected chi connectivity index (χ4v) is 2.27. The lowest BCUT2D eigenvalue weighted by Gasteiger charge is -2.08. The van der Waals surface area contributed by atoms with Crippen LogP contribution >= 0.6 is 15.9 Å². The molecule has 0 aromatic carbocycles. The lowest BCUT2D eigenvalue weighted by atomic mass is 10.2. The van der Waals surface area contributed by atoms with E-state index in [-0.39, 0.29) is 16.9 Å². The predicted octanol–water partition coefficient (Wildman–Crippen LogP) is 2.31. The summed E-state index contributed by atoms with van der Waals surface area (Å²) in [4.78, 5) is 15.2. The first-order valence-electron chi connectivity index (χ1n) is 5.58. The molecule has 0 bridgehead atoms. The number of imidazole rings is 1. The largest absolute Gasteiger partial charge is 0.478 e. The molecule has 0 fully saturated rings. The molecule has 3 rings (SSSR count). The second-order valence-corrected chi connectivity index (χ2v) is 4.88. The van der Waals surface area contributed by atoms with E-state index in [1.807, 2.05) is 0 Å². The number of alkyl halides is 2. The van der Waals surface area contributed by atoms with Gasteiger partial charge in [0.25, 0.3) is 6.43 Å². The Balaban J connectivity index is 2.35. The second-order valence-electron chi connectivity index (χ2n) is 4.07. The Hall–Kier alpha value is -2.36. The first-order valence-corrected chi connectivity index (χ1v) is 6.37. The van der Waals surface area contributed by atoms with Crippen LogP contribution < -0.4 is 0 Å².